The second kappa shape index (κ2) is 9.18. The number of carboxylic acids is 1. The number of nitrogens with one attached hydrogen (secondary N) is 1. The minimum atomic E-state index is -1.00. The average molecular weight is 469 g/mol. The van der Waals surface area contributed by atoms with E-state index in [-0.39, 0.29) is 17.5 Å². The monoisotopic (exact) mass is 467 g/mol. The quantitative estimate of drug-likeness (QED) is 0.434. The first kappa shape index (κ1) is 21.7. The Balaban J connectivity index is 1.82. The first-order chi connectivity index (χ1) is 13.8. The standard InChI is InChI=1S/C21H16Cl3NO3S/c1-11(13-5-7-14(8-6-13)21(27)28)25-20(26)17-16(18(23)29-19(17)24)10-12-3-2-4-15(22)9-12/h2-9,11H,10H2,1H3,(H,25,26)(H,27,28). The molecule has 1 atom stereocenters. The summed E-state index contributed by atoms with van der Waals surface area (Å²) in [5.41, 5.74) is 2.87. The van der Waals surface area contributed by atoms with Crippen molar-refractivity contribution in [1.29, 1.82) is 0 Å². The third-order valence-electron chi connectivity index (χ3n) is 4.42. The van der Waals surface area contributed by atoms with Crippen LogP contribution in [-0.4, -0.2) is 17.0 Å². The number of hydrogen-bond acceptors (Lipinski definition) is 3. The van der Waals surface area contributed by atoms with Gasteiger partial charge in [0.2, 0.25) is 0 Å². The van der Waals surface area contributed by atoms with Crippen molar-refractivity contribution in [3.8, 4) is 0 Å². The summed E-state index contributed by atoms with van der Waals surface area (Å²) >= 11 is 19.9. The molecule has 1 unspecified atom stereocenters. The number of rotatable bonds is 6. The summed E-state index contributed by atoms with van der Waals surface area (Å²) in [6.07, 6.45) is 0.424. The van der Waals surface area contributed by atoms with Crippen LogP contribution in [0.3, 0.4) is 0 Å². The van der Waals surface area contributed by atoms with Crippen LogP contribution in [0.25, 0.3) is 0 Å². The average Bonchev–Trinajstić information content (AvgIpc) is 2.95. The molecule has 0 radical (unpaired) electrons. The molecule has 0 aliphatic rings. The highest BCUT2D eigenvalue weighted by molar-refractivity contribution is 7.20. The van der Waals surface area contributed by atoms with Crippen LogP contribution in [0.4, 0.5) is 0 Å². The molecule has 0 saturated heterocycles. The van der Waals surface area contributed by atoms with E-state index in [0.717, 1.165) is 22.5 Å². The van der Waals surface area contributed by atoms with Crippen molar-refractivity contribution in [2.75, 3.05) is 0 Å². The second-order valence-corrected chi connectivity index (χ2v) is 9.09. The lowest BCUT2D eigenvalue weighted by Crippen LogP contribution is -2.27. The molecule has 1 amide bonds. The molecule has 0 fully saturated rings. The van der Waals surface area contributed by atoms with Gasteiger partial charge in [-0.2, -0.15) is 0 Å². The van der Waals surface area contributed by atoms with Gasteiger partial charge >= 0.3 is 5.97 Å². The summed E-state index contributed by atoms with van der Waals surface area (Å²) in [6.45, 7) is 1.81. The van der Waals surface area contributed by atoms with Crippen LogP contribution in [0.2, 0.25) is 13.7 Å². The number of carbonyl (C=O) groups is 2. The molecular formula is C21H16Cl3NO3S. The van der Waals surface area contributed by atoms with E-state index in [1.807, 2.05) is 25.1 Å². The Morgan fingerprint density at radius 2 is 1.76 bits per heavy atom. The van der Waals surface area contributed by atoms with E-state index < -0.39 is 5.97 Å². The Labute approximate surface area is 187 Å². The zero-order valence-corrected chi connectivity index (χ0v) is 18.3. The van der Waals surface area contributed by atoms with E-state index in [0.29, 0.717) is 31.2 Å². The summed E-state index contributed by atoms with van der Waals surface area (Å²) in [5, 5.41) is 12.5. The van der Waals surface area contributed by atoms with Gasteiger partial charge < -0.3 is 10.4 Å². The van der Waals surface area contributed by atoms with E-state index >= 15 is 0 Å². The van der Waals surface area contributed by atoms with E-state index in [2.05, 4.69) is 5.32 Å². The lowest BCUT2D eigenvalue weighted by molar-refractivity contribution is 0.0696. The predicted molar refractivity (Wildman–Crippen MR) is 118 cm³/mol. The number of carboxylic acid groups (broad SMARTS) is 1. The summed E-state index contributed by atoms with van der Waals surface area (Å²) < 4.78 is 0.775. The van der Waals surface area contributed by atoms with Gasteiger partial charge in [-0.25, -0.2) is 4.79 Å². The summed E-state index contributed by atoms with van der Waals surface area (Å²) in [7, 11) is 0. The Bertz CT molecular complexity index is 1060. The number of thiophene rings is 1. The fourth-order valence-electron chi connectivity index (χ4n) is 2.91. The largest absolute Gasteiger partial charge is 0.478 e. The molecule has 0 saturated carbocycles. The van der Waals surface area contributed by atoms with E-state index in [1.165, 1.54) is 12.1 Å². The lowest BCUT2D eigenvalue weighted by Gasteiger charge is -2.15. The van der Waals surface area contributed by atoms with Crippen LogP contribution in [0.1, 0.15) is 50.4 Å². The number of benzene rings is 2. The fraction of sp³-hybridized carbons (Fsp3) is 0.143. The van der Waals surface area contributed by atoms with Crippen LogP contribution < -0.4 is 5.32 Å². The molecule has 0 aliphatic heterocycles. The first-order valence-corrected chi connectivity index (χ1v) is 10.6. The number of halogens is 3. The van der Waals surface area contributed by atoms with E-state index in [1.54, 1.807) is 18.2 Å². The molecule has 150 valence electrons. The Morgan fingerprint density at radius 3 is 2.38 bits per heavy atom. The molecule has 3 rings (SSSR count). The van der Waals surface area contributed by atoms with E-state index in [9.17, 15) is 9.59 Å². The van der Waals surface area contributed by atoms with Crippen molar-refractivity contribution in [2.45, 2.75) is 19.4 Å². The molecule has 0 spiro atoms. The summed E-state index contributed by atoms with van der Waals surface area (Å²) in [4.78, 5) is 23.9. The molecule has 4 nitrogen and oxygen atoms in total. The van der Waals surface area contributed by atoms with Gasteiger partial charge in [0.25, 0.3) is 5.91 Å². The zero-order valence-electron chi connectivity index (χ0n) is 15.2. The normalized spacial score (nSPS) is 11.9. The smallest absolute Gasteiger partial charge is 0.335 e. The summed E-state index contributed by atoms with van der Waals surface area (Å²) in [5.74, 6) is -1.34. The third kappa shape index (κ3) is 5.11. The highest BCUT2D eigenvalue weighted by Crippen LogP contribution is 2.38. The Kier molecular flexibility index (Phi) is 6.85. The van der Waals surface area contributed by atoms with Gasteiger partial charge in [-0.3, -0.25) is 4.79 Å². The second-order valence-electron chi connectivity index (χ2n) is 6.43. The molecular weight excluding hydrogens is 453 g/mol. The Hall–Kier alpha value is -2.05. The van der Waals surface area contributed by atoms with Crippen LogP contribution in [0.5, 0.6) is 0 Å². The molecule has 1 aromatic heterocycles. The van der Waals surface area contributed by atoms with Gasteiger partial charge in [0.15, 0.2) is 0 Å². The number of hydrogen-bond donors (Lipinski definition) is 2. The zero-order chi connectivity index (χ0) is 21.1. The van der Waals surface area contributed by atoms with E-state index in [4.69, 9.17) is 39.9 Å². The van der Waals surface area contributed by atoms with Crippen molar-refractivity contribution in [2.24, 2.45) is 0 Å². The minimum Gasteiger partial charge on any atom is -0.478 e. The van der Waals surface area contributed by atoms with Gasteiger partial charge in [0, 0.05) is 17.0 Å². The number of aromatic carboxylic acids is 1. The maximum atomic E-state index is 12.9. The van der Waals surface area contributed by atoms with Gasteiger partial charge in [-0.05, 0) is 42.3 Å². The van der Waals surface area contributed by atoms with Crippen LogP contribution in [-0.2, 0) is 6.42 Å². The number of carbonyl (C=O) groups excluding carboxylic acids is 1. The van der Waals surface area contributed by atoms with Crippen LogP contribution in [0, 0.1) is 0 Å². The maximum Gasteiger partial charge on any atom is 0.335 e. The molecule has 2 N–H and O–H groups in total. The lowest BCUT2D eigenvalue weighted by atomic mass is 10.0. The van der Waals surface area contributed by atoms with Crippen molar-refractivity contribution in [3.63, 3.8) is 0 Å². The van der Waals surface area contributed by atoms with Crippen molar-refractivity contribution in [1.82, 2.24) is 5.32 Å². The maximum absolute atomic E-state index is 12.9. The van der Waals surface area contributed by atoms with Crippen LogP contribution >= 0.6 is 46.1 Å². The molecule has 1 heterocycles. The van der Waals surface area contributed by atoms with Crippen molar-refractivity contribution >= 4 is 58.0 Å². The highest BCUT2D eigenvalue weighted by Gasteiger charge is 2.24. The fourth-order valence-corrected chi connectivity index (χ4v) is 4.84. The number of amides is 1. The predicted octanol–water partition coefficient (Wildman–Crippen LogP) is 6.49. The first-order valence-electron chi connectivity index (χ1n) is 8.61. The molecule has 8 heteroatoms. The minimum absolute atomic E-state index is 0.184. The molecule has 0 bridgehead atoms. The third-order valence-corrected chi connectivity index (χ3v) is 6.34. The van der Waals surface area contributed by atoms with Crippen LogP contribution in [0.15, 0.2) is 48.5 Å². The highest BCUT2D eigenvalue weighted by atomic mass is 35.5. The summed E-state index contributed by atoms with van der Waals surface area (Å²) in [6, 6.07) is 13.3. The van der Waals surface area contributed by atoms with Crippen molar-refractivity contribution in [3.05, 3.63) is 90.0 Å². The van der Waals surface area contributed by atoms with Gasteiger partial charge in [-0.1, -0.05) is 59.1 Å². The van der Waals surface area contributed by atoms with Gasteiger partial charge in [0.1, 0.15) is 4.34 Å². The van der Waals surface area contributed by atoms with Gasteiger partial charge in [0.05, 0.1) is 21.5 Å². The van der Waals surface area contributed by atoms with Gasteiger partial charge in [-0.15, -0.1) is 11.3 Å². The molecule has 2 aromatic carbocycles. The molecule has 0 aliphatic carbocycles. The van der Waals surface area contributed by atoms with Crippen molar-refractivity contribution < 1.29 is 14.7 Å². The molecule has 29 heavy (non-hydrogen) atoms. The molecule has 3 aromatic rings. The topological polar surface area (TPSA) is 66.4 Å². The Morgan fingerprint density at radius 1 is 1.07 bits per heavy atom. The SMILES string of the molecule is CC(NC(=O)c1c(Cl)sc(Cl)c1Cc1cccc(Cl)c1)c1ccc(C(=O)O)cc1.